The van der Waals surface area contributed by atoms with Gasteiger partial charge in [0.1, 0.15) is 0 Å². The number of hydrogen-bond donors (Lipinski definition) is 0. The SMILES string of the molecule is Cc1cccc(-n2nc(C)c(C(=O)N3CCC(C)CC3)n2)c1. The summed E-state index contributed by atoms with van der Waals surface area (Å²) in [6, 6.07) is 7.96. The van der Waals surface area contributed by atoms with Crippen LogP contribution < -0.4 is 0 Å². The van der Waals surface area contributed by atoms with E-state index in [4.69, 9.17) is 0 Å². The van der Waals surface area contributed by atoms with Crippen molar-refractivity contribution in [2.75, 3.05) is 13.1 Å². The molecule has 3 rings (SSSR count). The second-order valence-electron chi connectivity index (χ2n) is 6.24. The molecule has 0 aliphatic carbocycles. The highest BCUT2D eigenvalue weighted by atomic mass is 16.2. The summed E-state index contributed by atoms with van der Waals surface area (Å²) in [5.74, 6) is 0.705. The number of amides is 1. The lowest BCUT2D eigenvalue weighted by Gasteiger charge is -2.29. The zero-order valence-electron chi connectivity index (χ0n) is 13.4. The number of carbonyl (C=O) groups is 1. The first-order valence-corrected chi connectivity index (χ1v) is 7.85. The van der Waals surface area contributed by atoms with E-state index in [1.165, 1.54) is 0 Å². The Hall–Kier alpha value is -2.17. The van der Waals surface area contributed by atoms with Crippen LogP contribution >= 0.6 is 0 Å². The summed E-state index contributed by atoms with van der Waals surface area (Å²) in [6.07, 6.45) is 2.13. The van der Waals surface area contributed by atoms with Gasteiger partial charge in [0.05, 0.1) is 11.4 Å². The maximum absolute atomic E-state index is 12.6. The van der Waals surface area contributed by atoms with Crippen LogP contribution in [0.15, 0.2) is 24.3 Å². The summed E-state index contributed by atoms with van der Waals surface area (Å²) in [5.41, 5.74) is 3.18. The van der Waals surface area contributed by atoms with Crippen LogP contribution in [0.3, 0.4) is 0 Å². The predicted molar refractivity (Wildman–Crippen MR) is 85.1 cm³/mol. The summed E-state index contributed by atoms with van der Waals surface area (Å²) in [5, 5.41) is 8.84. The zero-order chi connectivity index (χ0) is 15.7. The molecular formula is C17H22N4O. The van der Waals surface area contributed by atoms with E-state index >= 15 is 0 Å². The Labute approximate surface area is 130 Å². The van der Waals surface area contributed by atoms with Crippen LogP contribution in [0.5, 0.6) is 0 Å². The summed E-state index contributed by atoms with van der Waals surface area (Å²) in [7, 11) is 0. The molecule has 5 heteroatoms. The highest BCUT2D eigenvalue weighted by molar-refractivity contribution is 5.93. The summed E-state index contributed by atoms with van der Waals surface area (Å²) < 4.78 is 0. The van der Waals surface area contributed by atoms with Gasteiger partial charge in [-0.05, 0) is 50.3 Å². The maximum atomic E-state index is 12.6. The summed E-state index contributed by atoms with van der Waals surface area (Å²) >= 11 is 0. The van der Waals surface area contributed by atoms with Crippen molar-refractivity contribution >= 4 is 5.91 Å². The summed E-state index contributed by atoms with van der Waals surface area (Å²) in [6.45, 7) is 7.74. The Bertz CT molecular complexity index is 684. The van der Waals surface area contributed by atoms with Gasteiger partial charge >= 0.3 is 0 Å². The fourth-order valence-corrected chi connectivity index (χ4v) is 2.81. The number of hydrogen-bond acceptors (Lipinski definition) is 3. The van der Waals surface area contributed by atoms with E-state index in [0.717, 1.165) is 37.2 Å². The van der Waals surface area contributed by atoms with Crippen LogP contribution in [-0.2, 0) is 0 Å². The van der Waals surface area contributed by atoms with Gasteiger partial charge in [-0.1, -0.05) is 19.1 Å². The molecule has 1 amide bonds. The quantitative estimate of drug-likeness (QED) is 0.856. The highest BCUT2D eigenvalue weighted by Crippen LogP contribution is 2.19. The first kappa shape index (κ1) is 14.8. The fourth-order valence-electron chi connectivity index (χ4n) is 2.81. The minimum absolute atomic E-state index is 0.00306. The molecule has 116 valence electrons. The number of piperidine rings is 1. The Morgan fingerprint density at radius 1 is 1.18 bits per heavy atom. The monoisotopic (exact) mass is 298 g/mol. The van der Waals surface area contributed by atoms with Crippen molar-refractivity contribution < 1.29 is 4.79 Å². The lowest BCUT2D eigenvalue weighted by Crippen LogP contribution is -2.38. The van der Waals surface area contributed by atoms with Gasteiger partial charge in [-0.25, -0.2) is 0 Å². The van der Waals surface area contributed by atoms with Crippen molar-refractivity contribution in [2.45, 2.75) is 33.6 Å². The molecule has 5 nitrogen and oxygen atoms in total. The van der Waals surface area contributed by atoms with Crippen molar-refractivity contribution in [3.63, 3.8) is 0 Å². The molecule has 1 aromatic heterocycles. The molecule has 1 aliphatic heterocycles. The van der Waals surface area contributed by atoms with E-state index in [0.29, 0.717) is 17.3 Å². The zero-order valence-corrected chi connectivity index (χ0v) is 13.4. The number of rotatable bonds is 2. The highest BCUT2D eigenvalue weighted by Gasteiger charge is 2.25. The van der Waals surface area contributed by atoms with Gasteiger partial charge in [0.2, 0.25) is 0 Å². The molecule has 0 radical (unpaired) electrons. The van der Waals surface area contributed by atoms with Gasteiger partial charge in [0.25, 0.3) is 5.91 Å². The molecule has 0 unspecified atom stereocenters. The van der Waals surface area contributed by atoms with E-state index in [2.05, 4.69) is 17.1 Å². The number of likely N-dealkylation sites (tertiary alicyclic amines) is 1. The van der Waals surface area contributed by atoms with Gasteiger partial charge < -0.3 is 4.90 Å². The molecule has 1 fully saturated rings. The molecule has 0 atom stereocenters. The Balaban J connectivity index is 1.84. The van der Waals surface area contributed by atoms with Crippen LogP contribution in [0.4, 0.5) is 0 Å². The van der Waals surface area contributed by atoms with Gasteiger partial charge in [-0.2, -0.15) is 9.90 Å². The number of nitrogens with zero attached hydrogens (tertiary/aromatic N) is 4. The summed E-state index contributed by atoms with van der Waals surface area (Å²) in [4.78, 5) is 16.1. The van der Waals surface area contributed by atoms with E-state index in [1.54, 1.807) is 4.80 Å². The average molecular weight is 298 g/mol. The number of carbonyl (C=O) groups excluding carboxylic acids is 1. The maximum Gasteiger partial charge on any atom is 0.276 e. The van der Waals surface area contributed by atoms with Crippen molar-refractivity contribution in [1.82, 2.24) is 19.9 Å². The van der Waals surface area contributed by atoms with Crippen LogP contribution in [-0.4, -0.2) is 38.9 Å². The van der Waals surface area contributed by atoms with E-state index in [-0.39, 0.29) is 5.91 Å². The molecule has 22 heavy (non-hydrogen) atoms. The van der Waals surface area contributed by atoms with Crippen LogP contribution in [0.1, 0.15) is 41.5 Å². The van der Waals surface area contributed by atoms with Crippen LogP contribution in [0, 0.1) is 19.8 Å². The van der Waals surface area contributed by atoms with Gasteiger partial charge in [0.15, 0.2) is 5.69 Å². The molecule has 2 heterocycles. The normalized spacial score (nSPS) is 16.0. The lowest BCUT2D eigenvalue weighted by molar-refractivity contribution is 0.0690. The topological polar surface area (TPSA) is 51.0 Å². The van der Waals surface area contributed by atoms with E-state index in [9.17, 15) is 4.79 Å². The van der Waals surface area contributed by atoms with Crippen LogP contribution in [0.2, 0.25) is 0 Å². The Morgan fingerprint density at radius 3 is 2.59 bits per heavy atom. The molecule has 0 saturated carbocycles. The minimum Gasteiger partial charge on any atom is -0.337 e. The first-order valence-electron chi connectivity index (χ1n) is 7.85. The smallest absolute Gasteiger partial charge is 0.276 e. The minimum atomic E-state index is 0.00306. The third-order valence-corrected chi connectivity index (χ3v) is 4.29. The van der Waals surface area contributed by atoms with Crippen LogP contribution in [0.25, 0.3) is 5.69 Å². The second kappa shape index (κ2) is 5.91. The number of aryl methyl sites for hydroxylation is 2. The third-order valence-electron chi connectivity index (χ3n) is 4.29. The third kappa shape index (κ3) is 2.89. The molecule has 0 N–H and O–H groups in total. The average Bonchev–Trinajstić information content (AvgIpc) is 2.89. The standard InChI is InChI=1S/C17H22N4O/c1-12-7-9-20(10-8-12)17(22)16-14(3)18-21(19-16)15-6-4-5-13(2)11-15/h4-6,11-12H,7-10H2,1-3H3. The molecule has 1 saturated heterocycles. The first-order chi connectivity index (χ1) is 10.5. The van der Waals surface area contributed by atoms with E-state index in [1.807, 2.05) is 43.0 Å². The largest absolute Gasteiger partial charge is 0.337 e. The Morgan fingerprint density at radius 2 is 1.91 bits per heavy atom. The predicted octanol–water partition coefficient (Wildman–Crippen LogP) is 2.76. The van der Waals surface area contributed by atoms with Crippen molar-refractivity contribution in [3.8, 4) is 5.69 Å². The molecule has 1 aliphatic rings. The van der Waals surface area contributed by atoms with Crippen molar-refractivity contribution in [2.24, 2.45) is 5.92 Å². The van der Waals surface area contributed by atoms with Gasteiger partial charge in [-0.3, -0.25) is 4.79 Å². The van der Waals surface area contributed by atoms with Crippen molar-refractivity contribution in [1.29, 1.82) is 0 Å². The van der Waals surface area contributed by atoms with Gasteiger partial charge in [-0.15, -0.1) is 5.10 Å². The molecule has 2 aromatic rings. The van der Waals surface area contributed by atoms with E-state index < -0.39 is 0 Å². The Kier molecular flexibility index (Phi) is 3.96. The number of aromatic nitrogens is 3. The number of benzene rings is 1. The van der Waals surface area contributed by atoms with Gasteiger partial charge in [0, 0.05) is 13.1 Å². The molecule has 1 aromatic carbocycles. The fraction of sp³-hybridized carbons (Fsp3) is 0.471. The molecule has 0 spiro atoms. The molecular weight excluding hydrogens is 276 g/mol. The molecule has 0 bridgehead atoms. The van der Waals surface area contributed by atoms with Crippen molar-refractivity contribution in [3.05, 3.63) is 41.2 Å². The second-order valence-corrected chi connectivity index (χ2v) is 6.24. The lowest BCUT2D eigenvalue weighted by atomic mass is 9.99.